The Morgan fingerprint density at radius 2 is 2.00 bits per heavy atom. The lowest BCUT2D eigenvalue weighted by Gasteiger charge is -2.21. The van der Waals surface area contributed by atoms with Gasteiger partial charge in [0, 0.05) is 32.1 Å². The summed E-state index contributed by atoms with van der Waals surface area (Å²) >= 11 is 1.81. The third-order valence-electron chi connectivity index (χ3n) is 3.71. The Balaban J connectivity index is 1.57. The molecule has 0 bridgehead atoms. The Kier molecular flexibility index (Phi) is 8.18. The number of guanidine groups is 1. The Labute approximate surface area is 149 Å². The maximum Gasteiger partial charge on any atom is 0.193 e. The smallest absolute Gasteiger partial charge is 0.193 e. The third kappa shape index (κ3) is 6.62. The van der Waals surface area contributed by atoms with Crippen molar-refractivity contribution >= 4 is 17.3 Å². The average molecular weight is 346 g/mol. The van der Waals surface area contributed by atoms with Gasteiger partial charge in [-0.25, -0.2) is 0 Å². The predicted octanol–water partition coefficient (Wildman–Crippen LogP) is 3.66. The van der Waals surface area contributed by atoms with Crippen LogP contribution in [0, 0.1) is 0 Å². The van der Waals surface area contributed by atoms with Gasteiger partial charge in [0.2, 0.25) is 0 Å². The molecule has 130 valence electrons. The van der Waals surface area contributed by atoms with Crippen LogP contribution in [-0.2, 0) is 6.42 Å². The van der Waals surface area contributed by atoms with Gasteiger partial charge in [-0.05, 0) is 42.8 Å². The van der Waals surface area contributed by atoms with E-state index in [0.717, 1.165) is 50.7 Å². The highest BCUT2D eigenvalue weighted by molar-refractivity contribution is 7.09. The maximum atomic E-state index is 5.70. The molecule has 0 saturated carbocycles. The molecule has 0 fully saturated rings. The highest BCUT2D eigenvalue weighted by atomic mass is 32.1. The summed E-state index contributed by atoms with van der Waals surface area (Å²) in [4.78, 5) is 7.95. The number of ether oxygens (including phenoxy) is 1. The lowest BCUT2D eigenvalue weighted by molar-refractivity contribution is 0.306. The number of rotatable bonds is 9. The Hall–Kier alpha value is -2.01. The molecular formula is C19H27N3OS. The molecule has 1 aromatic carbocycles. The van der Waals surface area contributed by atoms with Gasteiger partial charge in [-0.1, -0.05) is 24.3 Å². The predicted molar refractivity (Wildman–Crippen MR) is 103 cm³/mol. The van der Waals surface area contributed by atoms with Gasteiger partial charge in [0.1, 0.15) is 5.75 Å². The lowest BCUT2D eigenvalue weighted by Crippen LogP contribution is -2.40. The lowest BCUT2D eigenvalue weighted by atomic mass is 10.3. The highest BCUT2D eigenvalue weighted by Gasteiger charge is 2.05. The normalized spacial score (nSPS) is 11.3. The number of likely N-dealkylation sites (N-methyl/N-ethyl adjacent to an activating group) is 1. The molecule has 0 spiro atoms. The zero-order valence-electron chi connectivity index (χ0n) is 14.6. The number of hydrogen-bond donors (Lipinski definition) is 1. The molecule has 0 aliphatic rings. The Morgan fingerprint density at radius 3 is 2.71 bits per heavy atom. The van der Waals surface area contributed by atoms with E-state index in [1.165, 1.54) is 4.88 Å². The van der Waals surface area contributed by atoms with Crippen molar-refractivity contribution in [1.82, 2.24) is 10.2 Å². The number of thiophene rings is 1. The van der Waals surface area contributed by atoms with Crippen LogP contribution in [0.5, 0.6) is 5.75 Å². The fraction of sp³-hybridized carbons (Fsp3) is 0.421. The van der Waals surface area contributed by atoms with Gasteiger partial charge >= 0.3 is 0 Å². The summed E-state index contributed by atoms with van der Waals surface area (Å²) in [5.41, 5.74) is 0. The van der Waals surface area contributed by atoms with E-state index < -0.39 is 0 Å². The van der Waals surface area contributed by atoms with Crippen molar-refractivity contribution in [2.75, 3.05) is 33.8 Å². The molecule has 0 unspecified atom stereocenters. The van der Waals surface area contributed by atoms with E-state index in [1.54, 1.807) is 0 Å². The summed E-state index contributed by atoms with van der Waals surface area (Å²) in [5, 5.41) is 5.55. The molecule has 0 amide bonds. The first kappa shape index (κ1) is 18.3. The van der Waals surface area contributed by atoms with Crippen LogP contribution >= 0.6 is 11.3 Å². The largest absolute Gasteiger partial charge is 0.494 e. The minimum Gasteiger partial charge on any atom is -0.494 e. The van der Waals surface area contributed by atoms with E-state index in [4.69, 9.17) is 4.74 Å². The van der Waals surface area contributed by atoms with E-state index in [0.29, 0.717) is 0 Å². The van der Waals surface area contributed by atoms with E-state index >= 15 is 0 Å². The zero-order chi connectivity index (χ0) is 17.0. The molecule has 0 aliphatic carbocycles. The molecule has 1 heterocycles. The summed E-state index contributed by atoms with van der Waals surface area (Å²) in [6, 6.07) is 14.2. The maximum absolute atomic E-state index is 5.70. The van der Waals surface area contributed by atoms with Crippen LogP contribution in [0.15, 0.2) is 52.8 Å². The highest BCUT2D eigenvalue weighted by Crippen LogP contribution is 2.10. The van der Waals surface area contributed by atoms with Gasteiger partial charge in [-0.15, -0.1) is 11.3 Å². The van der Waals surface area contributed by atoms with Crippen molar-refractivity contribution in [2.24, 2.45) is 4.99 Å². The van der Waals surface area contributed by atoms with E-state index in [9.17, 15) is 0 Å². The number of hydrogen-bond acceptors (Lipinski definition) is 3. The second-order valence-electron chi connectivity index (χ2n) is 5.59. The van der Waals surface area contributed by atoms with E-state index in [2.05, 4.69) is 39.8 Å². The zero-order valence-corrected chi connectivity index (χ0v) is 15.4. The fourth-order valence-electron chi connectivity index (χ4n) is 2.36. The molecule has 1 N–H and O–H groups in total. The monoisotopic (exact) mass is 345 g/mol. The molecule has 0 aliphatic heterocycles. The summed E-state index contributed by atoms with van der Waals surface area (Å²) < 4.78 is 5.70. The van der Waals surface area contributed by atoms with Crippen molar-refractivity contribution in [1.29, 1.82) is 0 Å². The second kappa shape index (κ2) is 10.7. The first-order chi connectivity index (χ1) is 11.8. The SMILES string of the molecule is CN=C(NCCCCOc1ccccc1)N(C)CCc1cccs1. The topological polar surface area (TPSA) is 36.9 Å². The van der Waals surface area contributed by atoms with Gasteiger partial charge in [0.25, 0.3) is 0 Å². The molecular weight excluding hydrogens is 318 g/mol. The Bertz CT molecular complexity index is 584. The average Bonchev–Trinajstić information content (AvgIpc) is 3.13. The quantitative estimate of drug-likeness (QED) is 0.428. The number of nitrogens with one attached hydrogen (secondary N) is 1. The standard InChI is InChI=1S/C19H27N3OS/c1-20-19(22(2)14-12-18-11-8-16-24-18)21-13-6-7-15-23-17-9-4-3-5-10-17/h3-5,8-11,16H,6-7,12-15H2,1-2H3,(H,20,21). The minimum absolute atomic E-state index is 0.749. The van der Waals surface area contributed by atoms with E-state index in [1.807, 2.05) is 48.7 Å². The molecule has 5 heteroatoms. The third-order valence-corrected chi connectivity index (χ3v) is 4.65. The second-order valence-corrected chi connectivity index (χ2v) is 6.63. The van der Waals surface area contributed by atoms with Crippen LogP contribution in [0.2, 0.25) is 0 Å². The van der Waals surface area contributed by atoms with Gasteiger partial charge in [0.15, 0.2) is 5.96 Å². The Morgan fingerprint density at radius 1 is 1.17 bits per heavy atom. The van der Waals surface area contributed by atoms with Crippen LogP contribution in [0.3, 0.4) is 0 Å². The van der Waals surface area contributed by atoms with Crippen LogP contribution in [-0.4, -0.2) is 44.7 Å². The molecule has 24 heavy (non-hydrogen) atoms. The first-order valence-corrected chi connectivity index (χ1v) is 9.29. The van der Waals surface area contributed by atoms with Crippen molar-refractivity contribution < 1.29 is 4.74 Å². The van der Waals surface area contributed by atoms with Gasteiger partial charge in [0.05, 0.1) is 6.61 Å². The van der Waals surface area contributed by atoms with E-state index in [-0.39, 0.29) is 0 Å². The fourth-order valence-corrected chi connectivity index (χ4v) is 3.06. The molecule has 0 atom stereocenters. The molecule has 0 saturated heterocycles. The minimum atomic E-state index is 0.749. The number of unbranched alkanes of at least 4 members (excludes halogenated alkanes) is 1. The molecule has 1 aromatic heterocycles. The van der Waals surface area contributed by atoms with Gasteiger partial charge in [-0.2, -0.15) is 0 Å². The molecule has 4 nitrogen and oxygen atoms in total. The van der Waals surface area contributed by atoms with Crippen molar-refractivity contribution in [2.45, 2.75) is 19.3 Å². The molecule has 2 aromatic rings. The summed E-state index contributed by atoms with van der Waals surface area (Å²) in [6.07, 6.45) is 3.14. The molecule has 0 radical (unpaired) electrons. The van der Waals surface area contributed by atoms with Crippen molar-refractivity contribution in [3.63, 3.8) is 0 Å². The van der Waals surface area contributed by atoms with Crippen LogP contribution in [0.25, 0.3) is 0 Å². The van der Waals surface area contributed by atoms with Gasteiger partial charge < -0.3 is 15.0 Å². The summed E-state index contributed by atoms with van der Waals surface area (Å²) in [7, 11) is 3.92. The first-order valence-electron chi connectivity index (χ1n) is 8.41. The summed E-state index contributed by atoms with van der Waals surface area (Å²) in [5.74, 6) is 1.89. The van der Waals surface area contributed by atoms with Crippen molar-refractivity contribution in [3.8, 4) is 5.75 Å². The molecule has 2 rings (SSSR count). The van der Waals surface area contributed by atoms with Gasteiger partial charge in [-0.3, -0.25) is 4.99 Å². The summed E-state index contributed by atoms with van der Waals surface area (Å²) in [6.45, 7) is 2.63. The number of nitrogens with zero attached hydrogens (tertiary/aromatic N) is 2. The van der Waals surface area contributed by atoms with Crippen LogP contribution in [0.1, 0.15) is 17.7 Å². The van der Waals surface area contributed by atoms with Crippen LogP contribution in [0.4, 0.5) is 0 Å². The van der Waals surface area contributed by atoms with Crippen LogP contribution < -0.4 is 10.1 Å². The number of aliphatic imine (C=N–C) groups is 1. The number of para-hydroxylation sites is 1. The number of benzene rings is 1. The van der Waals surface area contributed by atoms with Crippen molar-refractivity contribution in [3.05, 3.63) is 52.7 Å².